The number of aromatic nitrogens is 1. The fraction of sp³-hybridized carbons (Fsp3) is 0.219. The lowest BCUT2D eigenvalue weighted by Gasteiger charge is -2.31. The van der Waals surface area contributed by atoms with E-state index in [0.717, 1.165) is 28.0 Å². The summed E-state index contributed by atoms with van der Waals surface area (Å²) < 4.78 is 11.9. The van der Waals surface area contributed by atoms with Gasteiger partial charge in [-0.2, -0.15) is 0 Å². The zero-order valence-corrected chi connectivity index (χ0v) is 26.5. The largest absolute Gasteiger partial charge is 0.496 e. The van der Waals surface area contributed by atoms with E-state index in [2.05, 4.69) is 5.32 Å². The Morgan fingerprint density at radius 2 is 1.68 bits per heavy atom. The molecule has 240 valence electrons. The average molecular weight is 675 g/mol. The number of thioether (sulfide) groups is 1. The minimum atomic E-state index is -0.959. The van der Waals surface area contributed by atoms with Gasteiger partial charge in [-0.3, -0.25) is 33.9 Å². The number of nitro groups is 1. The number of esters is 1. The molecule has 0 saturated carbocycles. The van der Waals surface area contributed by atoms with Crippen molar-refractivity contribution in [1.82, 2.24) is 4.57 Å². The lowest BCUT2D eigenvalue weighted by molar-refractivity contribution is -0.384. The molecule has 0 radical (unpaired) electrons. The van der Waals surface area contributed by atoms with Crippen molar-refractivity contribution >= 4 is 63.9 Å². The quantitative estimate of drug-likeness (QED) is 0.116. The summed E-state index contributed by atoms with van der Waals surface area (Å²) in [7, 11) is 1.48. The van der Waals surface area contributed by atoms with Crippen LogP contribution in [0.2, 0.25) is 0 Å². The molecule has 3 atom stereocenters. The lowest BCUT2D eigenvalue weighted by Crippen LogP contribution is -2.33. The van der Waals surface area contributed by atoms with Gasteiger partial charge in [-0.1, -0.05) is 41.3 Å². The molecule has 47 heavy (non-hydrogen) atoms. The minimum Gasteiger partial charge on any atom is -0.496 e. The second kappa shape index (κ2) is 12.8. The van der Waals surface area contributed by atoms with E-state index in [4.69, 9.17) is 9.47 Å². The van der Waals surface area contributed by atoms with E-state index >= 15 is 0 Å². The molecule has 1 N–H and O–H groups in total. The summed E-state index contributed by atoms with van der Waals surface area (Å²) in [6.45, 7) is 1.55. The van der Waals surface area contributed by atoms with Crippen molar-refractivity contribution < 1.29 is 33.6 Å². The van der Waals surface area contributed by atoms with Crippen molar-refractivity contribution in [2.75, 3.05) is 23.9 Å². The van der Waals surface area contributed by atoms with Crippen LogP contribution in [0.25, 0.3) is 0 Å². The summed E-state index contributed by atoms with van der Waals surface area (Å²) in [6, 6.07) is 18.3. The molecule has 3 aromatic carbocycles. The first-order valence-electron chi connectivity index (χ1n) is 14.3. The van der Waals surface area contributed by atoms with Crippen molar-refractivity contribution in [3.63, 3.8) is 0 Å². The van der Waals surface area contributed by atoms with Crippen LogP contribution in [0.3, 0.4) is 0 Å². The smallest absolute Gasteiger partial charge is 0.338 e. The third-order valence-electron chi connectivity index (χ3n) is 7.82. The highest BCUT2D eigenvalue weighted by atomic mass is 32.2. The first-order chi connectivity index (χ1) is 22.6. The number of carbonyl (C=O) groups is 4. The zero-order valence-electron chi connectivity index (χ0n) is 24.9. The Labute approximate surface area is 275 Å². The van der Waals surface area contributed by atoms with Crippen molar-refractivity contribution in [2.24, 2.45) is 5.92 Å². The molecular formula is C32H26N4O9S2. The van der Waals surface area contributed by atoms with E-state index in [1.165, 1.54) is 48.1 Å². The molecule has 2 unspecified atom stereocenters. The molecule has 1 fully saturated rings. The maximum absolute atomic E-state index is 14.1. The van der Waals surface area contributed by atoms with E-state index in [0.29, 0.717) is 32.5 Å². The summed E-state index contributed by atoms with van der Waals surface area (Å²) in [4.78, 5) is 78.3. The molecule has 0 bridgehead atoms. The standard InChI is InChI=1S/C32H26N4O9S2/c1-3-45-31(40)17-8-10-18(11-9-17)33-23(37)16-34-30-27(47-32(34)41)24(21-6-4-5-7-22(21)44-2)25-26(46-30)29(39)35(28(25)38)19-12-14-20(15-13-19)36(42)43/h4-15,24-26H,3,16H2,1-2H3,(H,33,37)/t24-,25?,26?/m1/s1. The van der Waals surface area contributed by atoms with E-state index in [9.17, 15) is 34.1 Å². The predicted molar refractivity (Wildman–Crippen MR) is 173 cm³/mol. The van der Waals surface area contributed by atoms with Gasteiger partial charge in [-0.25, -0.2) is 9.69 Å². The molecule has 3 amide bonds. The van der Waals surface area contributed by atoms with Gasteiger partial charge >= 0.3 is 10.8 Å². The van der Waals surface area contributed by atoms with E-state index in [1.54, 1.807) is 43.3 Å². The Hall–Kier alpha value is -5.28. The van der Waals surface area contributed by atoms with Gasteiger partial charge in [0.1, 0.15) is 17.5 Å². The summed E-state index contributed by atoms with van der Waals surface area (Å²) in [6.07, 6.45) is 0. The number of nitro benzene ring substituents is 1. The van der Waals surface area contributed by atoms with Crippen LogP contribution in [0.15, 0.2) is 82.6 Å². The molecule has 0 aliphatic carbocycles. The van der Waals surface area contributed by atoms with Crippen molar-refractivity contribution in [3.05, 3.63) is 109 Å². The molecule has 6 rings (SSSR count). The number of non-ortho nitro benzene ring substituents is 1. The lowest BCUT2D eigenvalue weighted by atomic mass is 9.82. The van der Waals surface area contributed by atoms with Crippen LogP contribution < -0.4 is 19.8 Å². The number of fused-ring (bicyclic) bond motifs is 2. The zero-order chi connectivity index (χ0) is 33.4. The number of benzene rings is 3. The molecule has 4 aromatic rings. The van der Waals surface area contributed by atoms with Crippen molar-refractivity contribution in [3.8, 4) is 5.75 Å². The van der Waals surface area contributed by atoms with Crippen LogP contribution in [0.1, 0.15) is 33.6 Å². The van der Waals surface area contributed by atoms with E-state index in [1.807, 2.05) is 0 Å². The van der Waals surface area contributed by atoms with Gasteiger partial charge in [0.15, 0.2) is 0 Å². The molecule has 15 heteroatoms. The highest BCUT2D eigenvalue weighted by Crippen LogP contribution is 2.55. The van der Waals surface area contributed by atoms with Gasteiger partial charge in [0.2, 0.25) is 17.7 Å². The molecule has 13 nitrogen and oxygen atoms in total. The number of amides is 3. The highest BCUT2D eigenvalue weighted by Gasteiger charge is 2.57. The number of nitrogens with one attached hydrogen (secondary N) is 1. The van der Waals surface area contributed by atoms with Gasteiger partial charge in [0.05, 0.1) is 40.8 Å². The van der Waals surface area contributed by atoms with E-state index < -0.39 is 50.6 Å². The van der Waals surface area contributed by atoms with Crippen LogP contribution in [-0.4, -0.2) is 52.1 Å². The van der Waals surface area contributed by atoms with Crippen LogP contribution in [0.4, 0.5) is 17.1 Å². The number of rotatable bonds is 9. The number of anilines is 2. The number of carbonyl (C=O) groups excluding carboxylic acids is 4. The fourth-order valence-corrected chi connectivity index (χ4v) is 8.50. The Morgan fingerprint density at radius 1 is 0.979 bits per heavy atom. The number of hydrogen-bond donors (Lipinski definition) is 1. The number of methoxy groups -OCH3 is 1. The van der Waals surface area contributed by atoms with Gasteiger partial charge in [-0.15, -0.1) is 0 Å². The number of hydrogen-bond acceptors (Lipinski definition) is 11. The van der Waals surface area contributed by atoms with Gasteiger partial charge < -0.3 is 14.8 Å². The molecular weight excluding hydrogens is 649 g/mol. The maximum Gasteiger partial charge on any atom is 0.338 e. The van der Waals surface area contributed by atoms with Crippen LogP contribution >= 0.6 is 23.1 Å². The third-order valence-corrected chi connectivity index (χ3v) is 10.4. The van der Waals surface area contributed by atoms with Crippen molar-refractivity contribution in [1.29, 1.82) is 0 Å². The summed E-state index contributed by atoms with van der Waals surface area (Å²) >= 11 is 1.94. The first kappa shape index (κ1) is 31.7. The molecule has 1 aromatic heterocycles. The normalized spacial score (nSPS) is 18.3. The number of para-hydroxylation sites is 1. The topological polar surface area (TPSA) is 167 Å². The monoisotopic (exact) mass is 674 g/mol. The Morgan fingerprint density at radius 3 is 2.34 bits per heavy atom. The first-order valence-corrected chi connectivity index (χ1v) is 16.0. The summed E-state index contributed by atoms with van der Waals surface area (Å²) in [5.41, 5.74) is 1.31. The molecule has 3 heterocycles. The van der Waals surface area contributed by atoms with Crippen LogP contribution in [-0.2, 0) is 25.7 Å². The fourth-order valence-electron chi connectivity index (χ4n) is 5.74. The highest BCUT2D eigenvalue weighted by molar-refractivity contribution is 8.00. The summed E-state index contributed by atoms with van der Waals surface area (Å²) in [5.74, 6) is -3.29. The van der Waals surface area contributed by atoms with Crippen LogP contribution in [0.5, 0.6) is 5.75 Å². The SMILES string of the molecule is CCOC(=O)c1ccc(NC(=O)Cn2c3c(sc2=O)[C@H](c2ccccc2OC)C2C(=O)N(c4ccc([N+](=O)[O-])cc4)C(=O)C2S3)cc1. The maximum atomic E-state index is 14.1. The van der Waals surface area contributed by atoms with Gasteiger partial charge in [0, 0.05) is 34.2 Å². The minimum absolute atomic E-state index is 0.188. The summed E-state index contributed by atoms with van der Waals surface area (Å²) in [5, 5.41) is 13.3. The Balaban J connectivity index is 1.35. The number of thiazole rings is 1. The average Bonchev–Trinajstić information content (AvgIpc) is 3.51. The predicted octanol–water partition coefficient (Wildman–Crippen LogP) is 4.44. The second-order valence-electron chi connectivity index (χ2n) is 10.5. The molecule has 2 aliphatic heterocycles. The Kier molecular flexibility index (Phi) is 8.66. The van der Waals surface area contributed by atoms with Gasteiger partial charge in [-0.05, 0) is 49.4 Å². The molecule has 1 saturated heterocycles. The van der Waals surface area contributed by atoms with E-state index in [-0.39, 0.29) is 24.5 Å². The number of ether oxygens (including phenoxy) is 2. The third kappa shape index (κ3) is 5.79. The van der Waals surface area contributed by atoms with Crippen molar-refractivity contribution in [2.45, 2.75) is 29.7 Å². The van der Waals surface area contributed by atoms with Crippen LogP contribution in [0, 0.1) is 16.0 Å². The molecule has 0 spiro atoms. The van der Waals surface area contributed by atoms with Gasteiger partial charge in [0.25, 0.3) is 5.69 Å². The molecule has 2 aliphatic rings. The number of imide groups is 1. The second-order valence-corrected chi connectivity index (χ2v) is 12.7. The number of nitrogens with zero attached hydrogens (tertiary/aromatic N) is 3. The Bertz CT molecular complexity index is 1970.